The lowest BCUT2D eigenvalue weighted by Crippen LogP contribution is -2.24. The monoisotopic (exact) mass is 440 g/mol. The highest BCUT2D eigenvalue weighted by Crippen LogP contribution is 2.24. The quantitative estimate of drug-likeness (QED) is 0.212. The van der Waals surface area contributed by atoms with E-state index in [-0.39, 0.29) is 11.5 Å². The number of carbonyl (C=O) groups is 2. The maximum Gasteiger partial charge on any atom is 0.274 e. The number of rotatable bonds is 10. The van der Waals surface area contributed by atoms with Gasteiger partial charge in [-0.3, -0.25) is 19.8 Å². The number of benzene rings is 2. The molecule has 8 heteroatoms. The molecule has 3 aromatic rings. The summed E-state index contributed by atoms with van der Waals surface area (Å²) in [5.74, 6) is -0.787. The summed E-state index contributed by atoms with van der Waals surface area (Å²) in [6.45, 7) is 1.46. The smallest absolute Gasteiger partial charge is 0.274 e. The number of fused-ring (bicyclic) bond motifs is 1. The Labute approximate surface area is 185 Å². The van der Waals surface area contributed by atoms with Crippen molar-refractivity contribution in [2.24, 2.45) is 0 Å². The van der Waals surface area contributed by atoms with Crippen molar-refractivity contribution >= 4 is 40.0 Å². The van der Waals surface area contributed by atoms with E-state index in [4.69, 9.17) is 16.8 Å². The fourth-order valence-corrected chi connectivity index (χ4v) is 3.41. The van der Waals surface area contributed by atoms with Gasteiger partial charge in [-0.1, -0.05) is 24.4 Å². The van der Waals surface area contributed by atoms with E-state index < -0.39 is 5.91 Å². The molecule has 7 nitrogen and oxygen atoms in total. The molecule has 3 rings (SSSR count). The average Bonchev–Trinajstić information content (AvgIpc) is 2.80. The van der Waals surface area contributed by atoms with Crippen LogP contribution in [0.1, 0.15) is 46.4 Å². The van der Waals surface area contributed by atoms with E-state index in [0.29, 0.717) is 17.1 Å². The number of anilines is 1. The summed E-state index contributed by atoms with van der Waals surface area (Å²) in [6, 6.07) is 13.8. The van der Waals surface area contributed by atoms with Crippen LogP contribution in [-0.2, 0) is 0 Å². The molecule has 0 bridgehead atoms. The van der Waals surface area contributed by atoms with Crippen LogP contribution < -0.4 is 16.1 Å². The Morgan fingerprint density at radius 3 is 2.26 bits per heavy atom. The molecular formula is C23H25ClN4O3. The predicted molar refractivity (Wildman–Crippen MR) is 122 cm³/mol. The minimum Gasteiger partial charge on any atom is -0.384 e. The van der Waals surface area contributed by atoms with Crippen molar-refractivity contribution in [3.63, 3.8) is 0 Å². The molecule has 0 saturated heterocycles. The summed E-state index contributed by atoms with van der Waals surface area (Å²) in [5.41, 5.74) is 4.25. The number of nitrogens with one attached hydrogen (secondary N) is 3. The maximum absolute atomic E-state index is 12.1. The first-order chi connectivity index (χ1) is 15.1. The highest BCUT2D eigenvalue weighted by Gasteiger charge is 2.08. The van der Waals surface area contributed by atoms with Crippen molar-refractivity contribution in [1.29, 1.82) is 0 Å². The molecule has 0 radical (unpaired) electrons. The van der Waals surface area contributed by atoms with E-state index in [1.165, 1.54) is 12.1 Å². The van der Waals surface area contributed by atoms with Crippen LogP contribution in [0.5, 0.6) is 0 Å². The number of halogens is 1. The summed E-state index contributed by atoms with van der Waals surface area (Å²) < 4.78 is 0. The molecule has 0 fully saturated rings. The van der Waals surface area contributed by atoms with Gasteiger partial charge in [0.15, 0.2) is 0 Å². The van der Waals surface area contributed by atoms with Gasteiger partial charge >= 0.3 is 0 Å². The van der Waals surface area contributed by atoms with Gasteiger partial charge < -0.3 is 10.6 Å². The minimum absolute atomic E-state index is 0.178. The molecule has 4 N–H and O–H groups in total. The van der Waals surface area contributed by atoms with Crippen LogP contribution in [0.25, 0.3) is 10.9 Å². The van der Waals surface area contributed by atoms with Gasteiger partial charge in [0.25, 0.3) is 11.8 Å². The number of amides is 2. The average molecular weight is 441 g/mol. The van der Waals surface area contributed by atoms with Gasteiger partial charge in [-0.15, -0.1) is 0 Å². The largest absolute Gasteiger partial charge is 0.384 e. The Morgan fingerprint density at radius 2 is 1.55 bits per heavy atom. The fraction of sp³-hybridized carbons (Fsp3) is 0.261. The highest BCUT2D eigenvalue weighted by atomic mass is 35.5. The van der Waals surface area contributed by atoms with Crippen LogP contribution in [0.4, 0.5) is 5.69 Å². The molecule has 0 aliphatic heterocycles. The zero-order chi connectivity index (χ0) is 22.1. The Kier molecular flexibility index (Phi) is 8.20. The number of hydrogen-bond acceptors (Lipinski definition) is 5. The van der Waals surface area contributed by atoms with E-state index in [0.717, 1.165) is 48.8 Å². The second-order valence-corrected chi connectivity index (χ2v) is 7.57. The molecule has 0 spiro atoms. The lowest BCUT2D eigenvalue weighted by atomic mass is 10.1. The molecule has 2 amide bonds. The third kappa shape index (κ3) is 6.41. The van der Waals surface area contributed by atoms with Crippen molar-refractivity contribution in [2.45, 2.75) is 25.7 Å². The molecule has 0 unspecified atom stereocenters. The van der Waals surface area contributed by atoms with E-state index in [1.807, 2.05) is 24.3 Å². The predicted octanol–water partition coefficient (Wildman–Crippen LogP) is 4.41. The maximum atomic E-state index is 12.1. The van der Waals surface area contributed by atoms with Crippen LogP contribution in [0.15, 0.2) is 54.7 Å². The van der Waals surface area contributed by atoms with Gasteiger partial charge in [0.05, 0.1) is 5.52 Å². The zero-order valence-corrected chi connectivity index (χ0v) is 17.8. The number of carbonyl (C=O) groups excluding carboxylic acids is 2. The molecule has 31 heavy (non-hydrogen) atoms. The number of nitrogens with zero attached hydrogens (tertiary/aromatic N) is 1. The van der Waals surface area contributed by atoms with Gasteiger partial charge in [-0.2, -0.15) is 0 Å². The number of unbranched alkanes of at least 4 members (excludes halogenated alkanes) is 3. The van der Waals surface area contributed by atoms with Crippen LogP contribution in [0, 0.1) is 0 Å². The SMILES string of the molecule is O=C(NO)c1ccc(C(=O)NCCCCCCNc2ccnc3cc(Cl)ccc23)cc1. The van der Waals surface area contributed by atoms with Crippen molar-refractivity contribution in [3.8, 4) is 0 Å². The van der Waals surface area contributed by atoms with Gasteiger partial charge in [0.1, 0.15) is 0 Å². The standard InChI is InChI=1S/C23H25ClN4O3/c24-18-9-10-19-20(11-14-26-21(19)15-18)25-12-3-1-2-4-13-27-22(29)16-5-7-17(8-6-16)23(30)28-31/h5-11,14-15,31H,1-4,12-13H2,(H,25,26)(H,27,29)(H,28,30). The lowest BCUT2D eigenvalue weighted by molar-refractivity contribution is 0.0706. The Bertz CT molecular complexity index is 1040. The highest BCUT2D eigenvalue weighted by molar-refractivity contribution is 6.31. The summed E-state index contributed by atoms with van der Waals surface area (Å²) in [6.07, 6.45) is 5.78. The summed E-state index contributed by atoms with van der Waals surface area (Å²) in [5, 5.41) is 16.7. The Hall–Kier alpha value is -3.16. The first kappa shape index (κ1) is 22.5. The first-order valence-corrected chi connectivity index (χ1v) is 10.6. The van der Waals surface area contributed by atoms with Crippen LogP contribution in [0.2, 0.25) is 5.02 Å². The summed E-state index contributed by atoms with van der Waals surface area (Å²) >= 11 is 6.03. The van der Waals surface area contributed by atoms with Crippen molar-refractivity contribution in [3.05, 3.63) is 70.9 Å². The number of hydrogen-bond donors (Lipinski definition) is 4. The topological polar surface area (TPSA) is 103 Å². The van der Waals surface area contributed by atoms with Crippen LogP contribution in [0.3, 0.4) is 0 Å². The van der Waals surface area contributed by atoms with Gasteiger partial charge in [0, 0.05) is 46.5 Å². The third-order valence-electron chi connectivity index (χ3n) is 4.92. The van der Waals surface area contributed by atoms with E-state index in [1.54, 1.807) is 23.8 Å². The second kappa shape index (κ2) is 11.3. The number of pyridine rings is 1. The molecule has 0 aliphatic carbocycles. The van der Waals surface area contributed by atoms with E-state index in [9.17, 15) is 9.59 Å². The Balaban J connectivity index is 1.31. The summed E-state index contributed by atoms with van der Waals surface area (Å²) in [7, 11) is 0. The number of hydroxylamine groups is 1. The molecule has 162 valence electrons. The first-order valence-electron chi connectivity index (χ1n) is 10.2. The van der Waals surface area contributed by atoms with Gasteiger partial charge in [0.2, 0.25) is 0 Å². The second-order valence-electron chi connectivity index (χ2n) is 7.14. The minimum atomic E-state index is -0.608. The van der Waals surface area contributed by atoms with E-state index in [2.05, 4.69) is 15.6 Å². The lowest BCUT2D eigenvalue weighted by Gasteiger charge is -2.10. The fourth-order valence-electron chi connectivity index (χ4n) is 3.24. The Morgan fingerprint density at radius 1 is 0.871 bits per heavy atom. The van der Waals surface area contributed by atoms with Crippen molar-refractivity contribution in [1.82, 2.24) is 15.8 Å². The normalized spacial score (nSPS) is 10.6. The van der Waals surface area contributed by atoms with Gasteiger partial charge in [-0.05, 0) is 61.4 Å². The van der Waals surface area contributed by atoms with E-state index >= 15 is 0 Å². The molecule has 0 atom stereocenters. The molecule has 0 aliphatic rings. The third-order valence-corrected chi connectivity index (χ3v) is 5.16. The molecule has 2 aromatic carbocycles. The molecule has 1 heterocycles. The zero-order valence-electron chi connectivity index (χ0n) is 17.0. The van der Waals surface area contributed by atoms with Crippen molar-refractivity contribution < 1.29 is 14.8 Å². The number of aromatic nitrogens is 1. The molecule has 1 aromatic heterocycles. The van der Waals surface area contributed by atoms with Crippen LogP contribution >= 0.6 is 11.6 Å². The van der Waals surface area contributed by atoms with Crippen molar-refractivity contribution in [2.75, 3.05) is 18.4 Å². The molecular weight excluding hydrogens is 416 g/mol. The molecule has 0 saturated carbocycles. The van der Waals surface area contributed by atoms with Gasteiger partial charge in [-0.25, -0.2) is 5.48 Å². The summed E-state index contributed by atoms with van der Waals surface area (Å²) in [4.78, 5) is 27.8. The van der Waals surface area contributed by atoms with Crippen LogP contribution in [-0.4, -0.2) is 35.1 Å².